The van der Waals surface area contributed by atoms with Gasteiger partial charge in [-0.1, -0.05) is 22.9 Å². The number of nitrogen functional groups attached to an aromatic ring is 1. The number of hydrogen-bond acceptors (Lipinski definition) is 3. The summed E-state index contributed by atoms with van der Waals surface area (Å²) in [4.78, 5) is 4.52. The Labute approximate surface area is 102 Å². The Hall–Kier alpha value is -1.03. The molecule has 0 aliphatic heterocycles. The van der Waals surface area contributed by atoms with Gasteiger partial charge < -0.3 is 10.2 Å². The van der Waals surface area contributed by atoms with Crippen LogP contribution in [-0.2, 0) is 0 Å². The first-order valence-electron chi connectivity index (χ1n) is 5.50. The van der Waals surface area contributed by atoms with Crippen LogP contribution in [0.1, 0.15) is 31.6 Å². The fourth-order valence-corrected chi connectivity index (χ4v) is 2.50. The molecule has 1 aromatic heterocycles. The highest BCUT2D eigenvalue weighted by Crippen LogP contribution is 2.43. The van der Waals surface area contributed by atoms with Crippen molar-refractivity contribution in [1.82, 2.24) is 4.98 Å². The van der Waals surface area contributed by atoms with Gasteiger partial charge >= 0.3 is 0 Å². The molecule has 2 N–H and O–H groups in total. The summed E-state index contributed by atoms with van der Waals surface area (Å²) in [5, 5.41) is 0. The summed E-state index contributed by atoms with van der Waals surface area (Å²) < 4.78 is 6.70. The minimum Gasteiger partial charge on any atom is -0.438 e. The first kappa shape index (κ1) is 10.1. The molecule has 1 aromatic carbocycles. The van der Waals surface area contributed by atoms with E-state index < -0.39 is 0 Å². The van der Waals surface area contributed by atoms with Crippen molar-refractivity contribution in [2.24, 2.45) is 5.92 Å². The predicted octanol–water partition coefficient (Wildman–Crippen LogP) is 3.69. The van der Waals surface area contributed by atoms with Gasteiger partial charge in [0.1, 0.15) is 5.52 Å². The lowest BCUT2D eigenvalue weighted by molar-refractivity contribution is 0.460. The molecule has 0 spiro atoms. The summed E-state index contributed by atoms with van der Waals surface area (Å²) in [6, 6.07) is 3.79. The quantitative estimate of drug-likeness (QED) is 0.854. The molecule has 1 aliphatic carbocycles. The number of hydrogen-bond donors (Lipinski definition) is 1. The Morgan fingerprint density at radius 2 is 2.25 bits per heavy atom. The molecular formula is C12H13BrN2O. The fraction of sp³-hybridized carbons (Fsp3) is 0.417. The molecule has 0 amide bonds. The number of benzene rings is 1. The van der Waals surface area contributed by atoms with Crippen molar-refractivity contribution in [1.29, 1.82) is 0 Å². The Bertz CT molecular complexity index is 545. The number of anilines is 1. The lowest BCUT2D eigenvalue weighted by atomic mass is 10.1. The largest absolute Gasteiger partial charge is 0.438 e. The van der Waals surface area contributed by atoms with Crippen molar-refractivity contribution in [3.8, 4) is 0 Å². The monoisotopic (exact) mass is 280 g/mol. The van der Waals surface area contributed by atoms with Crippen molar-refractivity contribution < 1.29 is 4.42 Å². The molecule has 1 heterocycles. The molecule has 4 heteroatoms. The molecule has 84 valence electrons. The predicted molar refractivity (Wildman–Crippen MR) is 67.3 cm³/mol. The van der Waals surface area contributed by atoms with E-state index >= 15 is 0 Å². The third-order valence-electron chi connectivity index (χ3n) is 3.22. The molecule has 1 fully saturated rings. The number of fused-ring (bicyclic) bond motifs is 1. The van der Waals surface area contributed by atoms with E-state index in [1.807, 2.05) is 12.1 Å². The maximum absolute atomic E-state index is 5.90. The second-order valence-electron chi connectivity index (χ2n) is 4.52. The van der Waals surface area contributed by atoms with Crippen LogP contribution in [0, 0.1) is 5.92 Å². The van der Waals surface area contributed by atoms with Crippen LogP contribution in [0.5, 0.6) is 0 Å². The van der Waals surface area contributed by atoms with Crippen LogP contribution in [-0.4, -0.2) is 4.98 Å². The normalized spacial score (nSPS) is 17.9. The van der Waals surface area contributed by atoms with Crippen LogP contribution in [0.25, 0.3) is 11.1 Å². The van der Waals surface area contributed by atoms with E-state index in [2.05, 4.69) is 27.8 Å². The molecule has 1 aliphatic rings. The number of halogens is 1. The summed E-state index contributed by atoms with van der Waals surface area (Å²) in [5.74, 6) is 1.98. The number of nitrogens with two attached hydrogens (primary N) is 1. The molecular weight excluding hydrogens is 268 g/mol. The zero-order valence-electron chi connectivity index (χ0n) is 9.03. The van der Waals surface area contributed by atoms with E-state index in [-0.39, 0.29) is 0 Å². The molecule has 16 heavy (non-hydrogen) atoms. The fourth-order valence-electron chi connectivity index (χ4n) is 2.03. The highest BCUT2D eigenvalue weighted by Gasteiger charge is 2.32. The van der Waals surface area contributed by atoms with Gasteiger partial charge in [-0.15, -0.1) is 0 Å². The van der Waals surface area contributed by atoms with Gasteiger partial charge in [0, 0.05) is 10.4 Å². The maximum atomic E-state index is 5.90. The topological polar surface area (TPSA) is 52.0 Å². The number of rotatable bonds is 2. The lowest BCUT2D eigenvalue weighted by Crippen LogP contribution is -1.94. The highest BCUT2D eigenvalue weighted by atomic mass is 79.9. The van der Waals surface area contributed by atoms with E-state index in [0.29, 0.717) is 17.2 Å². The Balaban J connectivity index is 2.11. The molecule has 1 atom stereocenters. The van der Waals surface area contributed by atoms with E-state index in [0.717, 1.165) is 21.8 Å². The van der Waals surface area contributed by atoms with Crippen LogP contribution in [0.4, 0.5) is 5.69 Å². The van der Waals surface area contributed by atoms with Gasteiger partial charge in [-0.2, -0.15) is 0 Å². The van der Waals surface area contributed by atoms with Crippen LogP contribution in [0.3, 0.4) is 0 Å². The van der Waals surface area contributed by atoms with E-state index in [1.54, 1.807) is 0 Å². The van der Waals surface area contributed by atoms with Crippen LogP contribution in [0.2, 0.25) is 0 Å². The van der Waals surface area contributed by atoms with Gasteiger partial charge in [0.25, 0.3) is 0 Å². The van der Waals surface area contributed by atoms with E-state index in [1.165, 1.54) is 12.8 Å². The SMILES string of the molecule is CC(c1nc2cc(Br)cc(N)c2o1)C1CC1. The number of nitrogens with zero attached hydrogens (tertiary/aromatic N) is 1. The first-order valence-corrected chi connectivity index (χ1v) is 6.30. The first-order chi connectivity index (χ1) is 7.65. The molecule has 2 aromatic rings. The second-order valence-corrected chi connectivity index (χ2v) is 5.44. The van der Waals surface area contributed by atoms with Gasteiger partial charge in [0.15, 0.2) is 11.5 Å². The second kappa shape index (κ2) is 3.48. The summed E-state index contributed by atoms with van der Waals surface area (Å²) in [6.45, 7) is 2.17. The van der Waals surface area contributed by atoms with Gasteiger partial charge in [-0.3, -0.25) is 0 Å². The minimum absolute atomic E-state index is 0.408. The number of aromatic nitrogens is 1. The minimum atomic E-state index is 0.408. The van der Waals surface area contributed by atoms with Gasteiger partial charge in [0.05, 0.1) is 5.69 Å². The Kier molecular flexibility index (Phi) is 2.21. The van der Waals surface area contributed by atoms with Gasteiger partial charge in [-0.25, -0.2) is 4.98 Å². The van der Waals surface area contributed by atoms with Crippen LogP contribution < -0.4 is 5.73 Å². The third-order valence-corrected chi connectivity index (χ3v) is 3.68. The van der Waals surface area contributed by atoms with Gasteiger partial charge in [-0.05, 0) is 30.9 Å². The average molecular weight is 281 g/mol. The molecule has 1 saturated carbocycles. The van der Waals surface area contributed by atoms with E-state index in [4.69, 9.17) is 10.2 Å². The van der Waals surface area contributed by atoms with Crippen LogP contribution >= 0.6 is 15.9 Å². The van der Waals surface area contributed by atoms with Crippen LogP contribution in [0.15, 0.2) is 21.0 Å². The molecule has 3 nitrogen and oxygen atoms in total. The molecule has 0 radical (unpaired) electrons. The third kappa shape index (κ3) is 1.61. The van der Waals surface area contributed by atoms with E-state index in [9.17, 15) is 0 Å². The molecule has 0 bridgehead atoms. The Morgan fingerprint density at radius 1 is 1.50 bits per heavy atom. The highest BCUT2D eigenvalue weighted by molar-refractivity contribution is 9.10. The van der Waals surface area contributed by atoms with Crippen molar-refractivity contribution in [3.63, 3.8) is 0 Å². The maximum Gasteiger partial charge on any atom is 0.198 e. The summed E-state index contributed by atoms with van der Waals surface area (Å²) in [7, 11) is 0. The lowest BCUT2D eigenvalue weighted by Gasteiger charge is -2.02. The molecule has 1 unspecified atom stereocenters. The van der Waals surface area contributed by atoms with Crippen molar-refractivity contribution in [2.75, 3.05) is 5.73 Å². The van der Waals surface area contributed by atoms with Crippen molar-refractivity contribution in [3.05, 3.63) is 22.5 Å². The molecule has 0 saturated heterocycles. The standard InChI is InChI=1S/C12H13BrN2O/c1-6(7-2-3-7)12-15-10-5-8(13)4-9(14)11(10)16-12/h4-7H,2-3,14H2,1H3. The summed E-state index contributed by atoms with van der Waals surface area (Å²) in [6.07, 6.45) is 2.58. The van der Waals surface area contributed by atoms with Crippen molar-refractivity contribution in [2.45, 2.75) is 25.7 Å². The number of oxazole rings is 1. The molecule has 3 rings (SSSR count). The zero-order chi connectivity index (χ0) is 11.3. The smallest absolute Gasteiger partial charge is 0.198 e. The average Bonchev–Trinajstić information content (AvgIpc) is 2.97. The summed E-state index contributed by atoms with van der Waals surface area (Å²) >= 11 is 3.41. The van der Waals surface area contributed by atoms with Crippen molar-refractivity contribution >= 4 is 32.7 Å². The Morgan fingerprint density at radius 3 is 2.94 bits per heavy atom. The summed E-state index contributed by atoms with van der Waals surface area (Å²) in [5.41, 5.74) is 8.10. The van der Waals surface area contributed by atoms with Gasteiger partial charge in [0.2, 0.25) is 0 Å². The zero-order valence-corrected chi connectivity index (χ0v) is 10.6.